The summed E-state index contributed by atoms with van der Waals surface area (Å²) >= 11 is 6.71. The third-order valence-corrected chi connectivity index (χ3v) is 4.13. The molecular formula is C19H21N3O2S2. The zero-order valence-corrected chi connectivity index (χ0v) is 16.5. The van der Waals surface area contributed by atoms with Crippen LogP contribution in [-0.2, 0) is 4.79 Å². The first-order valence-electron chi connectivity index (χ1n) is 8.00. The highest BCUT2D eigenvalue weighted by atomic mass is 32.1. The number of carbonyl (C=O) groups excluding carboxylic acids is 2. The normalized spacial score (nSPS) is 11.2. The van der Waals surface area contributed by atoms with Crippen LogP contribution >= 0.6 is 23.6 Å². The third-order valence-electron chi connectivity index (χ3n) is 3.09. The minimum atomic E-state index is -0.356. The van der Waals surface area contributed by atoms with Crippen molar-refractivity contribution in [1.29, 1.82) is 0 Å². The predicted molar refractivity (Wildman–Crippen MR) is 111 cm³/mol. The molecule has 26 heavy (non-hydrogen) atoms. The second-order valence-electron chi connectivity index (χ2n) is 6.54. The molecule has 0 atom stereocenters. The van der Waals surface area contributed by atoms with Gasteiger partial charge in [-0.1, -0.05) is 18.2 Å². The van der Waals surface area contributed by atoms with Crippen LogP contribution in [0.2, 0.25) is 0 Å². The van der Waals surface area contributed by atoms with Crippen molar-refractivity contribution in [2.75, 3.05) is 5.32 Å². The molecule has 0 saturated carbocycles. The van der Waals surface area contributed by atoms with Gasteiger partial charge in [0.1, 0.15) is 0 Å². The fourth-order valence-corrected chi connectivity index (χ4v) is 2.88. The van der Waals surface area contributed by atoms with E-state index < -0.39 is 0 Å². The van der Waals surface area contributed by atoms with Gasteiger partial charge in [0.2, 0.25) is 5.91 Å². The molecule has 2 amide bonds. The molecule has 0 unspecified atom stereocenters. The minimum absolute atomic E-state index is 0.127. The SMILES string of the molecule is CC(C)(C)NC(=O)c1ccccc1NC(=S)NC(=O)C=Cc1cccs1. The number of rotatable bonds is 4. The average Bonchev–Trinajstić information content (AvgIpc) is 3.05. The predicted octanol–water partition coefficient (Wildman–Crippen LogP) is 3.80. The van der Waals surface area contributed by atoms with Crippen LogP contribution in [0.4, 0.5) is 5.69 Å². The molecule has 7 heteroatoms. The minimum Gasteiger partial charge on any atom is -0.347 e. The second-order valence-corrected chi connectivity index (χ2v) is 7.93. The molecule has 3 N–H and O–H groups in total. The molecule has 0 aliphatic heterocycles. The molecule has 0 aliphatic carbocycles. The summed E-state index contributed by atoms with van der Waals surface area (Å²) in [6.07, 6.45) is 3.13. The van der Waals surface area contributed by atoms with E-state index in [1.807, 2.05) is 38.3 Å². The summed E-state index contributed by atoms with van der Waals surface area (Å²) in [5.74, 6) is -0.556. The molecule has 5 nitrogen and oxygen atoms in total. The lowest BCUT2D eigenvalue weighted by atomic mass is 10.1. The maximum absolute atomic E-state index is 12.4. The van der Waals surface area contributed by atoms with Crippen molar-refractivity contribution in [1.82, 2.24) is 10.6 Å². The summed E-state index contributed by atoms with van der Waals surface area (Å²) < 4.78 is 0. The second kappa shape index (κ2) is 8.73. The summed E-state index contributed by atoms with van der Waals surface area (Å²) in [5.41, 5.74) is 0.626. The Morgan fingerprint density at radius 1 is 1.12 bits per heavy atom. The van der Waals surface area contributed by atoms with Gasteiger partial charge < -0.3 is 10.6 Å². The molecule has 0 radical (unpaired) electrons. The summed E-state index contributed by atoms with van der Waals surface area (Å²) in [6.45, 7) is 5.73. The Morgan fingerprint density at radius 3 is 2.50 bits per heavy atom. The van der Waals surface area contributed by atoms with Crippen LogP contribution in [0.15, 0.2) is 47.9 Å². The molecule has 2 rings (SSSR count). The van der Waals surface area contributed by atoms with Crippen LogP contribution < -0.4 is 16.0 Å². The Labute approximate surface area is 162 Å². The number of thiocarbonyl (C=S) groups is 1. The highest BCUT2D eigenvalue weighted by Crippen LogP contribution is 2.16. The molecule has 0 saturated heterocycles. The number of thiophene rings is 1. The van der Waals surface area contributed by atoms with Crippen LogP contribution in [0.5, 0.6) is 0 Å². The van der Waals surface area contributed by atoms with Crippen LogP contribution in [0, 0.1) is 0 Å². The highest BCUT2D eigenvalue weighted by molar-refractivity contribution is 7.80. The smallest absolute Gasteiger partial charge is 0.253 e. The molecule has 1 heterocycles. The lowest BCUT2D eigenvalue weighted by Crippen LogP contribution is -2.41. The van der Waals surface area contributed by atoms with Gasteiger partial charge in [0, 0.05) is 16.5 Å². The standard InChI is InChI=1S/C19H21N3O2S2/c1-19(2,3)22-17(24)14-8-4-5-9-15(14)20-18(25)21-16(23)11-10-13-7-6-12-26-13/h4-12H,1-3H3,(H,22,24)(H2,20,21,23,25). The number of amides is 2. The largest absolute Gasteiger partial charge is 0.347 e. The van der Waals surface area contributed by atoms with Gasteiger partial charge in [0.25, 0.3) is 5.91 Å². The van der Waals surface area contributed by atoms with Crippen LogP contribution in [-0.4, -0.2) is 22.5 Å². The monoisotopic (exact) mass is 387 g/mol. The molecule has 1 aromatic heterocycles. The molecule has 0 spiro atoms. The van der Waals surface area contributed by atoms with Gasteiger partial charge in [-0.25, -0.2) is 0 Å². The van der Waals surface area contributed by atoms with E-state index in [0.29, 0.717) is 11.3 Å². The number of carbonyl (C=O) groups is 2. The zero-order valence-electron chi connectivity index (χ0n) is 14.8. The summed E-state index contributed by atoms with van der Waals surface area (Å²) in [4.78, 5) is 25.3. The molecule has 0 bridgehead atoms. The molecule has 0 fully saturated rings. The summed E-state index contributed by atoms with van der Waals surface area (Å²) in [7, 11) is 0. The molecule has 2 aromatic rings. The Balaban J connectivity index is 2.00. The summed E-state index contributed by atoms with van der Waals surface area (Å²) in [5, 5.41) is 10.4. The molecular weight excluding hydrogens is 366 g/mol. The van der Waals surface area contributed by atoms with E-state index in [-0.39, 0.29) is 22.5 Å². The van der Waals surface area contributed by atoms with Gasteiger partial charge in [-0.05, 0) is 62.6 Å². The lowest BCUT2D eigenvalue weighted by Gasteiger charge is -2.21. The van der Waals surface area contributed by atoms with E-state index in [0.717, 1.165) is 4.88 Å². The number of benzene rings is 1. The zero-order chi connectivity index (χ0) is 19.2. The van der Waals surface area contributed by atoms with Gasteiger partial charge in [-0.15, -0.1) is 11.3 Å². The van der Waals surface area contributed by atoms with Crippen molar-refractivity contribution in [3.8, 4) is 0 Å². The van der Waals surface area contributed by atoms with E-state index in [9.17, 15) is 9.59 Å². The van der Waals surface area contributed by atoms with E-state index >= 15 is 0 Å². The Morgan fingerprint density at radius 2 is 1.85 bits per heavy atom. The highest BCUT2D eigenvalue weighted by Gasteiger charge is 2.18. The molecule has 1 aromatic carbocycles. The fraction of sp³-hybridized carbons (Fsp3) is 0.211. The summed E-state index contributed by atoms with van der Waals surface area (Å²) in [6, 6.07) is 10.8. The Hall–Kier alpha value is -2.51. The number of hydrogen-bond donors (Lipinski definition) is 3. The average molecular weight is 388 g/mol. The quantitative estimate of drug-likeness (QED) is 0.551. The van der Waals surface area contributed by atoms with Crippen LogP contribution in [0.3, 0.4) is 0 Å². The van der Waals surface area contributed by atoms with E-state index in [4.69, 9.17) is 12.2 Å². The van der Waals surface area contributed by atoms with Gasteiger partial charge in [-0.3, -0.25) is 14.9 Å². The first-order chi connectivity index (χ1) is 12.2. The van der Waals surface area contributed by atoms with Crippen molar-refractivity contribution in [2.45, 2.75) is 26.3 Å². The van der Waals surface area contributed by atoms with Crippen molar-refractivity contribution in [3.63, 3.8) is 0 Å². The lowest BCUT2D eigenvalue weighted by molar-refractivity contribution is -0.115. The van der Waals surface area contributed by atoms with Crippen molar-refractivity contribution in [2.24, 2.45) is 0 Å². The van der Waals surface area contributed by atoms with Crippen LogP contribution in [0.1, 0.15) is 36.0 Å². The fourth-order valence-electron chi connectivity index (χ4n) is 2.05. The first-order valence-corrected chi connectivity index (χ1v) is 9.28. The van der Waals surface area contributed by atoms with Crippen molar-refractivity contribution in [3.05, 3.63) is 58.3 Å². The Bertz CT molecular complexity index is 822. The maximum atomic E-state index is 12.4. The topological polar surface area (TPSA) is 70.2 Å². The molecule has 0 aliphatic rings. The van der Waals surface area contributed by atoms with Crippen molar-refractivity contribution < 1.29 is 9.59 Å². The van der Waals surface area contributed by atoms with Crippen LogP contribution in [0.25, 0.3) is 6.08 Å². The third kappa shape index (κ3) is 6.42. The van der Waals surface area contributed by atoms with E-state index in [1.54, 1.807) is 30.3 Å². The molecule has 136 valence electrons. The van der Waals surface area contributed by atoms with Gasteiger partial charge in [-0.2, -0.15) is 0 Å². The number of para-hydroxylation sites is 1. The number of hydrogen-bond acceptors (Lipinski definition) is 4. The van der Waals surface area contributed by atoms with Gasteiger partial charge >= 0.3 is 0 Å². The van der Waals surface area contributed by atoms with Gasteiger partial charge in [0.15, 0.2) is 5.11 Å². The van der Waals surface area contributed by atoms with Crippen molar-refractivity contribution >= 4 is 52.2 Å². The first kappa shape index (κ1) is 19.8. The Kier molecular flexibility index (Phi) is 6.65. The van der Waals surface area contributed by atoms with Gasteiger partial charge in [0.05, 0.1) is 11.3 Å². The maximum Gasteiger partial charge on any atom is 0.253 e. The van der Waals surface area contributed by atoms with E-state index in [2.05, 4.69) is 16.0 Å². The number of nitrogens with one attached hydrogen (secondary N) is 3. The number of anilines is 1. The van der Waals surface area contributed by atoms with E-state index in [1.165, 1.54) is 17.4 Å².